The molecular formula is C15H11N3O5S. The molecule has 0 bridgehead atoms. The normalized spacial score (nSPS) is 10.4. The lowest BCUT2D eigenvalue weighted by Gasteiger charge is -2.03. The van der Waals surface area contributed by atoms with Gasteiger partial charge in [-0.1, -0.05) is 0 Å². The number of benzene rings is 1. The van der Waals surface area contributed by atoms with Crippen molar-refractivity contribution < 1.29 is 18.9 Å². The van der Waals surface area contributed by atoms with Crippen LogP contribution in [0.3, 0.4) is 0 Å². The highest BCUT2D eigenvalue weighted by atomic mass is 32.1. The molecule has 3 aromatic rings. The molecule has 8 nitrogen and oxygen atoms in total. The molecule has 0 unspecified atom stereocenters. The van der Waals surface area contributed by atoms with Gasteiger partial charge < -0.3 is 9.15 Å². The predicted molar refractivity (Wildman–Crippen MR) is 87.4 cm³/mol. The molecule has 9 heteroatoms. The Morgan fingerprint density at radius 3 is 2.88 bits per heavy atom. The van der Waals surface area contributed by atoms with Crippen LogP contribution in [0.5, 0.6) is 5.75 Å². The van der Waals surface area contributed by atoms with Crippen LogP contribution in [0.25, 0.3) is 11.3 Å². The number of nitro groups is 1. The van der Waals surface area contributed by atoms with Crippen molar-refractivity contribution in [2.45, 2.75) is 0 Å². The zero-order valence-corrected chi connectivity index (χ0v) is 13.2. The summed E-state index contributed by atoms with van der Waals surface area (Å²) < 4.78 is 10.5. The lowest BCUT2D eigenvalue weighted by atomic mass is 10.1. The van der Waals surface area contributed by atoms with Gasteiger partial charge >= 0.3 is 0 Å². The molecule has 0 radical (unpaired) electrons. The van der Waals surface area contributed by atoms with Gasteiger partial charge in [0.15, 0.2) is 10.9 Å². The molecule has 1 aromatic carbocycles. The standard InChI is InChI=1S/C15H11N3O5S/c1-22-9-2-3-10(11(8-9)18(20)21)12-4-5-13(23-12)14(19)17-15-16-6-7-24-15/h2-8H,1H3,(H,16,17,19). The van der Waals surface area contributed by atoms with E-state index in [1.54, 1.807) is 17.6 Å². The van der Waals surface area contributed by atoms with Crippen LogP contribution >= 0.6 is 11.3 Å². The van der Waals surface area contributed by atoms with Crippen LogP contribution in [0, 0.1) is 10.1 Å². The van der Waals surface area contributed by atoms with Gasteiger partial charge in [0.25, 0.3) is 11.6 Å². The van der Waals surface area contributed by atoms with E-state index in [9.17, 15) is 14.9 Å². The third-order valence-electron chi connectivity index (χ3n) is 3.15. The highest BCUT2D eigenvalue weighted by molar-refractivity contribution is 7.13. The number of aromatic nitrogens is 1. The van der Waals surface area contributed by atoms with Crippen LogP contribution in [0.2, 0.25) is 0 Å². The van der Waals surface area contributed by atoms with Crippen molar-refractivity contribution in [1.29, 1.82) is 0 Å². The Kier molecular flexibility index (Phi) is 4.25. The summed E-state index contributed by atoms with van der Waals surface area (Å²) in [7, 11) is 1.42. The van der Waals surface area contributed by atoms with Crippen molar-refractivity contribution in [3.8, 4) is 17.1 Å². The Hall–Kier alpha value is -3.20. The number of nitrogens with zero attached hydrogens (tertiary/aromatic N) is 2. The molecule has 122 valence electrons. The largest absolute Gasteiger partial charge is 0.497 e. The van der Waals surface area contributed by atoms with Gasteiger partial charge in [0.05, 0.1) is 23.7 Å². The van der Waals surface area contributed by atoms with Crippen LogP contribution in [-0.2, 0) is 0 Å². The number of ether oxygens (including phenoxy) is 1. The van der Waals surface area contributed by atoms with E-state index < -0.39 is 10.8 Å². The maximum atomic E-state index is 12.1. The van der Waals surface area contributed by atoms with E-state index in [-0.39, 0.29) is 22.8 Å². The zero-order valence-electron chi connectivity index (χ0n) is 12.4. The van der Waals surface area contributed by atoms with Crippen molar-refractivity contribution in [1.82, 2.24) is 4.98 Å². The maximum absolute atomic E-state index is 12.1. The number of nitrogens with one attached hydrogen (secondary N) is 1. The zero-order chi connectivity index (χ0) is 17.1. The van der Waals surface area contributed by atoms with Gasteiger partial charge in [-0.05, 0) is 24.3 Å². The van der Waals surface area contributed by atoms with Gasteiger partial charge in [0.2, 0.25) is 0 Å². The molecule has 24 heavy (non-hydrogen) atoms. The minimum absolute atomic E-state index is 0.0327. The van der Waals surface area contributed by atoms with E-state index in [0.29, 0.717) is 10.9 Å². The minimum atomic E-state index is -0.532. The average molecular weight is 345 g/mol. The third-order valence-corrected chi connectivity index (χ3v) is 3.84. The quantitative estimate of drug-likeness (QED) is 0.559. The van der Waals surface area contributed by atoms with E-state index in [1.807, 2.05) is 0 Å². The van der Waals surface area contributed by atoms with Crippen molar-refractivity contribution in [3.63, 3.8) is 0 Å². The van der Waals surface area contributed by atoms with Gasteiger partial charge in [-0.15, -0.1) is 11.3 Å². The van der Waals surface area contributed by atoms with Gasteiger partial charge in [0.1, 0.15) is 11.5 Å². The first-order valence-electron chi connectivity index (χ1n) is 6.72. The van der Waals surface area contributed by atoms with Crippen LogP contribution in [0.15, 0.2) is 46.3 Å². The van der Waals surface area contributed by atoms with Crippen molar-refractivity contribution in [3.05, 3.63) is 57.8 Å². The summed E-state index contributed by atoms with van der Waals surface area (Å²) in [6.07, 6.45) is 1.56. The fourth-order valence-electron chi connectivity index (χ4n) is 2.05. The fourth-order valence-corrected chi connectivity index (χ4v) is 2.57. The number of nitro benzene ring substituents is 1. The Morgan fingerprint density at radius 2 is 2.21 bits per heavy atom. The molecule has 0 saturated heterocycles. The van der Waals surface area contributed by atoms with Crippen molar-refractivity contribution in [2.75, 3.05) is 12.4 Å². The lowest BCUT2D eigenvalue weighted by Crippen LogP contribution is -2.10. The number of hydrogen-bond donors (Lipinski definition) is 1. The molecule has 1 amide bonds. The molecule has 0 fully saturated rings. The molecule has 2 heterocycles. The minimum Gasteiger partial charge on any atom is -0.497 e. The van der Waals surface area contributed by atoms with Gasteiger partial charge in [-0.3, -0.25) is 20.2 Å². The van der Waals surface area contributed by atoms with Crippen LogP contribution in [-0.4, -0.2) is 22.9 Å². The SMILES string of the molecule is COc1ccc(-c2ccc(C(=O)Nc3nccs3)o2)c([N+](=O)[O-])c1. The molecule has 2 aromatic heterocycles. The molecule has 0 atom stereocenters. The van der Waals surface area contributed by atoms with Gasteiger partial charge in [-0.25, -0.2) is 4.98 Å². The number of furan rings is 1. The Bertz CT molecular complexity index is 888. The number of carbonyl (C=O) groups is 1. The smallest absolute Gasteiger partial charge is 0.293 e. The first-order chi connectivity index (χ1) is 11.6. The van der Waals surface area contributed by atoms with E-state index in [4.69, 9.17) is 9.15 Å². The summed E-state index contributed by atoms with van der Waals surface area (Å²) in [6.45, 7) is 0. The number of thiazole rings is 1. The van der Waals surface area contributed by atoms with Gasteiger partial charge in [-0.2, -0.15) is 0 Å². The number of amides is 1. The van der Waals surface area contributed by atoms with Crippen LogP contribution in [0.1, 0.15) is 10.6 Å². The Labute approximate surface area is 139 Å². The van der Waals surface area contributed by atoms with E-state index in [0.717, 1.165) is 0 Å². The van der Waals surface area contributed by atoms with E-state index in [1.165, 1.54) is 42.7 Å². The average Bonchev–Trinajstić information content (AvgIpc) is 3.25. The first-order valence-corrected chi connectivity index (χ1v) is 7.60. The Morgan fingerprint density at radius 1 is 1.38 bits per heavy atom. The molecule has 0 spiro atoms. The molecule has 0 aliphatic heterocycles. The van der Waals surface area contributed by atoms with E-state index >= 15 is 0 Å². The lowest BCUT2D eigenvalue weighted by molar-refractivity contribution is -0.384. The second-order valence-corrected chi connectivity index (χ2v) is 5.49. The molecule has 0 aliphatic rings. The van der Waals surface area contributed by atoms with E-state index in [2.05, 4.69) is 10.3 Å². The van der Waals surface area contributed by atoms with Crippen LogP contribution < -0.4 is 10.1 Å². The van der Waals surface area contributed by atoms with Crippen molar-refractivity contribution in [2.24, 2.45) is 0 Å². The molecule has 1 N–H and O–H groups in total. The number of methoxy groups -OCH3 is 1. The summed E-state index contributed by atoms with van der Waals surface area (Å²) in [5.74, 6) is 0.130. The number of carbonyl (C=O) groups excluding carboxylic acids is 1. The van der Waals surface area contributed by atoms with Crippen LogP contribution in [0.4, 0.5) is 10.8 Å². The highest BCUT2D eigenvalue weighted by Crippen LogP contribution is 2.34. The predicted octanol–water partition coefficient (Wildman–Crippen LogP) is 3.57. The summed E-state index contributed by atoms with van der Waals surface area (Å²) in [5.41, 5.74) is 0.0877. The Balaban J connectivity index is 1.90. The molecule has 0 saturated carbocycles. The fraction of sp³-hybridized carbons (Fsp3) is 0.0667. The molecular weight excluding hydrogens is 334 g/mol. The number of anilines is 1. The summed E-state index contributed by atoms with van der Waals surface area (Å²) in [4.78, 5) is 26.7. The molecule has 3 rings (SSSR count). The van der Waals surface area contributed by atoms with Crippen molar-refractivity contribution >= 4 is 28.1 Å². The first kappa shape index (κ1) is 15.7. The number of rotatable bonds is 5. The second kappa shape index (κ2) is 6.50. The number of hydrogen-bond acceptors (Lipinski definition) is 7. The topological polar surface area (TPSA) is 108 Å². The summed E-state index contributed by atoms with van der Waals surface area (Å²) >= 11 is 1.27. The summed E-state index contributed by atoms with van der Waals surface area (Å²) in [6, 6.07) is 7.35. The summed E-state index contributed by atoms with van der Waals surface area (Å²) in [5, 5.41) is 16.0. The maximum Gasteiger partial charge on any atom is 0.293 e. The second-order valence-electron chi connectivity index (χ2n) is 4.60. The highest BCUT2D eigenvalue weighted by Gasteiger charge is 2.21. The third kappa shape index (κ3) is 3.10. The monoisotopic (exact) mass is 345 g/mol. The molecule has 0 aliphatic carbocycles. The van der Waals surface area contributed by atoms with Gasteiger partial charge in [0, 0.05) is 11.6 Å².